The summed E-state index contributed by atoms with van der Waals surface area (Å²) in [4.78, 5) is 11.7. The van der Waals surface area contributed by atoms with Gasteiger partial charge in [-0.2, -0.15) is 5.26 Å². The number of nitrogens with zero attached hydrogens (tertiary/aromatic N) is 1. The van der Waals surface area contributed by atoms with E-state index in [0.717, 1.165) is 0 Å². The van der Waals surface area contributed by atoms with Gasteiger partial charge in [0.05, 0.1) is 11.6 Å². The zero-order chi connectivity index (χ0) is 11.5. The highest BCUT2D eigenvalue weighted by Crippen LogP contribution is 2.07. The molecule has 1 aromatic carbocycles. The number of carbonyl (C=O) groups excluding carboxylic acids is 1. The van der Waals surface area contributed by atoms with Crippen LogP contribution in [0.3, 0.4) is 0 Å². The van der Waals surface area contributed by atoms with E-state index in [-0.39, 0.29) is 11.4 Å². The lowest BCUT2D eigenvalue weighted by atomic mass is 10.1. The fourth-order valence-electron chi connectivity index (χ4n) is 1.14. The summed E-state index contributed by atoms with van der Waals surface area (Å²) < 4.78 is 0. The molecule has 15 heavy (non-hydrogen) atoms. The number of hydrogen-bond donors (Lipinski definition) is 1. The van der Waals surface area contributed by atoms with Crippen molar-refractivity contribution in [1.29, 1.82) is 5.26 Å². The predicted octanol–water partition coefficient (Wildman–Crippen LogP) is 2.09. The second-order valence-electron chi connectivity index (χ2n) is 4.40. The summed E-state index contributed by atoms with van der Waals surface area (Å²) in [5.74, 6) is -0.153. The van der Waals surface area contributed by atoms with Crippen molar-refractivity contribution < 1.29 is 4.79 Å². The van der Waals surface area contributed by atoms with E-state index >= 15 is 0 Å². The molecule has 0 saturated heterocycles. The van der Waals surface area contributed by atoms with E-state index in [1.807, 2.05) is 26.8 Å². The molecule has 0 aliphatic heterocycles. The second kappa shape index (κ2) is 4.14. The van der Waals surface area contributed by atoms with Crippen molar-refractivity contribution in [3.05, 3.63) is 35.4 Å². The molecular formula is C12H14N2O. The number of benzene rings is 1. The van der Waals surface area contributed by atoms with Crippen molar-refractivity contribution in [2.75, 3.05) is 0 Å². The van der Waals surface area contributed by atoms with Crippen LogP contribution in [0.15, 0.2) is 24.3 Å². The van der Waals surface area contributed by atoms with Gasteiger partial charge in [-0.1, -0.05) is 6.07 Å². The number of rotatable bonds is 1. The van der Waals surface area contributed by atoms with Gasteiger partial charge >= 0.3 is 0 Å². The Bertz CT molecular complexity index is 410. The van der Waals surface area contributed by atoms with Crippen molar-refractivity contribution in [2.24, 2.45) is 0 Å². The molecule has 0 atom stereocenters. The zero-order valence-corrected chi connectivity index (χ0v) is 9.16. The van der Waals surface area contributed by atoms with Crippen LogP contribution in [-0.4, -0.2) is 11.4 Å². The van der Waals surface area contributed by atoms with Crippen LogP contribution >= 0.6 is 0 Å². The molecule has 1 N–H and O–H groups in total. The first-order chi connectivity index (χ1) is 6.92. The minimum absolute atomic E-state index is 0.153. The first-order valence-corrected chi connectivity index (χ1v) is 4.75. The van der Waals surface area contributed by atoms with Gasteiger partial charge in [-0.05, 0) is 39.0 Å². The summed E-state index contributed by atoms with van der Waals surface area (Å²) in [6.07, 6.45) is 0. The van der Waals surface area contributed by atoms with Crippen LogP contribution in [0.25, 0.3) is 0 Å². The molecule has 1 amide bonds. The van der Waals surface area contributed by atoms with Gasteiger partial charge in [0.1, 0.15) is 0 Å². The summed E-state index contributed by atoms with van der Waals surface area (Å²) in [6, 6.07) is 8.66. The summed E-state index contributed by atoms with van der Waals surface area (Å²) in [7, 11) is 0. The topological polar surface area (TPSA) is 52.9 Å². The lowest BCUT2D eigenvalue weighted by Gasteiger charge is -2.20. The Morgan fingerprint density at radius 1 is 1.40 bits per heavy atom. The third kappa shape index (κ3) is 3.43. The molecule has 0 bridgehead atoms. The molecule has 0 saturated carbocycles. The minimum Gasteiger partial charge on any atom is -0.347 e. The van der Waals surface area contributed by atoms with Crippen molar-refractivity contribution in [2.45, 2.75) is 26.3 Å². The van der Waals surface area contributed by atoms with Gasteiger partial charge in [0.15, 0.2) is 0 Å². The normalized spacial score (nSPS) is 10.5. The van der Waals surface area contributed by atoms with E-state index in [4.69, 9.17) is 5.26 Å². The second-order valence-corrected chi connectivity index (χ2v) is 4.40. The fraction of sp³-hybridized carbons (Fsp3) is 0.333. The third-order valence-electron chi connectivity index (χ3n) is 1.74. The Labute approximate surface area is 89.7 Å². The van der Waals surface area contributed by atoms with E-state index in [9.17, 15) is 4.79 Å². The smallest absolute Gasteiger partial charge is 0.251 e. The van der Waals surface area contributed by atoms with Crippen LogP contribution < -0.4 is 5.32 Å². The number of nitrogens with one attached hydrogen (secondary N) is 1. The summed E-state index contributed by atoms with van der Waals surface area (Å²) in [5.41, 5.74) is 0.750. The fourth-order valence-corrected chi connectivity index (χ4v) is 1.14. The average Bonchev–Trinajstić information content (AvgIpc) is 2.15. The molecule has 1 aromatic rings. The monoisotopic (exact) mass is 202 g/mol. The Morgan fingerprint density at radius 3 is 2.60 bits per heavy atom. The van der Waals surface area contributed by atoms with Crippen LogP contribution in [-0.2, 0) is 0 Å². The first-order valence-electron chi connectivity index (χ1n) is 4.75. The number of amides is 1. The van der Waals surface area contributed by atoms with Crippen molar-refractivity contribution >= 4 is 5.91 Å². The molecule has 3 heteroatoms. The highest BCUT2D eigenvalue weighted by molar-refractivity contribution is 5.94. The maximum atomic E-state index is 11.7. The molecule has 0 aromatic heterocycles. The van der Waals surface area contributed by atoms with Gasteiger partial charge in [-0.15, -0.1) is 0 Å². The third-order valence-corrected chi connectivity index (χ3v) is 1.74. The number of nitriles is 1. The van der Waals surface area contributed by atoms with Crippen LogP contribution in [0.4, 0.5) is 0 Å². The molecule has 0 radical (unpaired) electrons. The van der Waals surface area contributed by atoms with Crippen molar-refractivity contribution in [1.82, 2.24) is 5.32 Å². The van der Waals surface area contributed by atoms with Crippen molar-refractivity contribution in [3.8, 4) is 6.07 Å². The van der Waals surface area contributed by atoms with Crippen LogP contribution in [0.2, 0.25) is 0 Å². The summed E-state index contributed by atoms with van der Waals surface area (Å²) >= 11 is 0. The highest BCUT2D eigenvalue weighted by atomic mass is 16.1. The molecule has 0 aliphatic carbocycles. The van der Waals surface area contributed by atoms with E-state index < -0.39 is 0 Å². The molecule has 78 valence electrons. The van der Waals surface area contributed by atoms with Gasteiger partial charge in [-0.25, -0.2) is 0 Å². The van der Waals surface area contributed by atoms with Gasteiger partial charge in [0.2, 0.25) is 0 Å². The van der Waals surface area contributed by atoms with Crippen LogP contribution in [0, 0.1) is 11.3 Å². The average molecular weight is 202 g/mol. The Balaban J connectivity index is 2.88. The number of hydrogen-bond acceptors (Lipinski definition) is 2. The summed E-state index contributed by atoms with van der Waals surface area (Å²) in [5, 5.41) is 11.5. The SMILES string of the molecule is CC(C)(C)NC(=O)c1cccc(C#N)c1. The highest BCUT2D eigenvalue weighted by Gasteiger charge is 2.15. The molecule has 0 aliphatic rings. The largest absolute Gasteiger partial charge is 0.347 e. The Kier molecular flexibility index (Phi) is 3.11. The Hall–Kier alpha value is -1.82. The molecule has 0 spiro atoms. The molecule has 0 heterocycles. The van der Waals surface area contributed by atoms with Gasteiger partial charge in [0, 0.05) is 11.1 Å². The Morgan fingerprint density at radius 2 is 2.07 bits per heavy atom. The minimum atomic E-state index is -0.264. The molecular weight excluding hydrogens is 188 g/mol. The molecule has 0 unspecified atom stereocenters. The lowest BCUT2D eigenvalue weighted by Crippen LogP contribution is -2.40. The van der Waals surface area contributed by atoms with E-state index in [1.54, 1.807) is 24.3 Å². The first kappa shape index (κ1) is 11.3. The molecule has 3 nitrogen and oxygen atoms in total. The maximum Gasteiger partial charge on any atom is 0.251 e. The van der Waals surface area contributed by atoms with Gasteiger partial charge in [-0.3, -0.25) is 4.79 Å². The van der Waals surface area contributed by atoms with Gasteiger partial charge in [0.25, 0.3) is 5.91 Å². The lowest BCUT2D eigenvalue weighted by molar-refractivity contribution is 0.0919. The van der Waals surface area contributed by atoms with E-state index in [1.165, 1.54) is 0 Å². The van der Waals surface area contributed by atoms with Crippen LogP contribution in [0.5, 0.6) is 0 Å². The summed E-state index contributed by atoms with van der Waals surface area (Å²) in [6.45, 7) is 5.75. The van der Waals surface area contributed by atoms with Crippen molar-refractivity contribution in [3.63, 3.8) is 0 Å². The van der Waals surface area contributed by atoms with Gasteiger partial charge < -0.3 is 5.32 Å². The standard InChI is InChI=1S/C12H14N2O/c1-12(2,3)14-11(15)10-6-4-5-9(7-10)8-13/h4-7H,1-3H3,(H,14,15). The maximum absolute atomic E-state index is 11.7. The predicted molar refractivity (Wildman–Crippen MR) is 58.4 cm³/mol. The quantitative estimate of drug-likeness (QED) is 0.758. The molecule has 1 rings (SSSR count). The van der Waals surface area contributed by atoms with Crippen LogP contribution in [0.1, 0.15) is 36.7 Å². The zero-order valence-electron chi connectivity index (χ0n) is 9.16. The van der Waals surface area contributed by atoms with E-state index in [0.29, 0.717) is 11.1 Å². The van der Waals surface area contributed by atoms with E-state index in [2.05, 4.69) is 5.32 Å². The molecule has 0 fully saturated rings. The number of carbonyl (C=O) groups is 1.